The van der Waals surface area contributed by atoms with E-state index in [2.05, 4.69) is 10.4 Å². The Morgan fingerprint density at radius 3 is 2.64 bits per heavy atom. The fourth-order valence-corrected chi connectivity index (χ4v) is 2.91. The Hall–Kier alpha value is -3.22. The first-order chi connectivity index (χ1) is 13.3. The highest BCUT2D eigenvalue weighted by atomic mass is 16.5. The molecule has 1 amide bonds. The van der Waals surface area contributed by atoms with Crippen LogP contribution in [0.4, 0.5) is 5.82 Å². The zero-order valence-electron chi connectivity index (χ0n) is 16.7. The first-order valence-corrected chi connectivity index (χ1v) is 9.26. The second-order valence-corrected chi connectivity index (χ2v) is 6.95. The van der Waals surface area contributed by atoms with E-state index in [0.717, 1.165) is 22.0 Å². The van der Waals surface area contributed by atoms with E-state index in [0.29, 0.717) is 5.82 Å². The van der Waals surface area contributed by atoms with Crippen LogP contribution in [0, 0.1) is 19.8 Å². The number of benzene rings is 1. The lowest BCUT2D eigenvalue weighted by Gasteiger charge is -2.14. The molecule has 0 spiro atoms. The molecule has 7 nitrogen and oxygen atoms in total. The van der Waals surface area contributed by atoms with Crippen molar-refractivity contribution in [3.8, 4) is 5.82 Å². The summed E-state index contributed by atoms with van der Waals surface area (Å²) in [6.45, 7) is 9.51. The molecule has 3 aromatic rings. The number of ether oxygens (including phenoxy) is 1. The maximum atomic E-state index is 12.3. The van der Waals surface area contributed by atoms with Crippen molar-refractivity contribution in [2.45, 2.75) is 34.6 Å². The number of aromatic nitrogens is 3. The van der Waals surface area contributed by atoms with Crippen LogP contribution >= 0.6 is 0 Å². The van der Waals surface area contributed by atoms with Gasteiger partial charge in [0.15, 0.2) is 11.6 Å². The molecule has 0 saturated heterocycles. The molecule has 0 aliphatic carbocycles. The standard InChI is InChI=1S/C21H24N4O3/c1-6-28-21(27)16-11-22-25(19(16)24-20(26)12(2)3)17-10-14(5)15-9-7-8-13(4)18(15)23-17/h7-12H,6H2,1-5H3,(H,24,26). The largest absolute Gasteiger partial charge is 0.462 e. The molecule has 3 rings (SSSR count). The number of hydrogen-bond acceptors (Lipinski definition) is 5. The van der Waals surface area contributed by atoms with E-state index in [9.17, 15) is 9.59 Å². The number of esters is 1. The molecule has 0 unspecified atom stereocenters. The van der Waals surface area contributed by atoms with Gasteiger partial charge in [-0.15, -0.1) is 0 Å². The average Bonchev–Trinajstić information content (AvgIpc) is 3.06. The highest BCUT2D eigenvalue weighted by Gasteiger charge is 2.23. The Morgan fingerprint density at radius 1 is 1.21 bits per heavy atom. The van der Waals surface area contributed by atoms with Crippen LogP contribution in [0.3, 0.4) is 0 Å². The molecular weight excluding hydrogens is 356 g/mol. The molecule has 0 fully saturated rings. The molecule has 0 aliphatic rings. The number of rotatable bonds is 5. The Kier molecular flexibility index (Phi) is 5.44. The van der Waals surface area contributed by atoms with Crippen molar-refractivity contribution < 1.29 is 14.3 Å². The van der Waals surface area contributed by atoms with E-state index in [1.165, 1.54) is 10.9 Å². The minimum atomic E-state index is -0.540. The van der Waals surface area contributed by atoms with E-state index in [4.69, 9.17) is 9.72 Å². The van der Waals surface area contributed by atoms with Crippen LogP contribution in [0.15, 0.2) is 30.5 Å². The fraction of sp³-hybridized carbons (Fsp3) is 0.333. The maximum Gasteiger partial charge on any atom is 0.343 e. The summed E-state index contributed by atoms with van der Waals surface area (Å²) in [6, 6.07) is 7.89. The summed E-state index contributed by atoms with van der Waals surface area (Å²) in [4.78, 5) is 29.4. The van der Waals surface area contributed by atoms with Crippen LogP contribution < -0.4 is 5.32 Å². The van der Waals surface area contributed by atoms with Crippen LogP contribution in [-0.2, 0) is 9.53 Å². The van der Waals surface area contributed by atoms with Crippen LogP contribution in [0.1, 0.15) is 42.3 Å². The molecule has 1 aromatic carbocycles. The second kappa shape index (κ2) is 7.80. The van der Waals surface area contributed by atoms with Gasteiger partial charge in [0.05, 0.1) is 18.3 Å². The van der Waals surface area contributed by atoms with Crippen molar-refractivity contribution in [3.05, 3.63) is 47.2 Å². The SMILES string of the molecule is CCOC(=O)c1cnn(-c2cc(C)c3cccc(C)c3n2)c1NC(=O)C(C)C. The van der Waals surface area contributed by atoms with Crippen molar-refractivity contribution in [2.24, 2.45) is 5.92 Å². The lowest BCUT2D eigenvalue weighted by Crippen LogP contribution is -2.22. The molecule has 28 heavy (non-hydrogen) atoms. The van der Waals surface area contributed by atoms with Gasteiger partial charge in [-0.05, 0) is 38.0 Å². The molecule has 0 saturated carbocycles. The van der Waals surface area contributed by atoms with Gasteiger partial charge in [-0.1, -0.05) is 32.0 Å². The lowest BCUT2D eigenvalue weighted by molar-refractivity contribution is -0.118. The number of fused-ring (bicyclic) bond motifs is 1. The van der Waals surface area contributed by atoms with Crippen LogP contribution in [0.2, 0.25) is 0 Å². The van der Waals surface area contributed by atoms with Gasteiger partial charge in [0, 0.05) is 11.3 Å². The monoisotopic (exact) mass is 380 g/mol. The molecule has 146 valence electrons. The average molecular weight is 380 g/mol. The van der Waals surface area contributed by atoms with Crippen molar-refractivity contribution in [1.82, 2.24) is 14.8 Å². The highest BCUT2D eigenvalue weighted by Crippen LogP contribution is 2.26. The van der Waals surface area contributed by atoms with Gasteiger partial charge in [-0.25, -0.2) is 9.78 Å². The van der Waals surface area contributed by atoms with Gasteiger partial charge in [0.25, 0.3) is 0 Å². The first-order valence-electron chi connectivity index (χ1n) is 9.26. The normalized spacial score (nSPS) is 11.1. The molecule has 2 aromatic heterocycles. The summed E-state index contributed by atoms with van der Waals surface area (Å²) in [5, 5.41) is 8.17. The maximum absolute atomic E-state index is 12.3. The zero-order chi connectivity index (χ0) is 20.4. The Bertz CT molecular complexity index is 1050. The molecule has 0 radical (unpaired) electrons. The summed E-state index contributed by atoms with van der Waals surface area (Å²) < 4.78 is 6.59. The number of amides is 1. The minimum Gasteiger partial charge on any atom is -0.462 e. The molecule has 0 bridgehead atoms. The van der Waals surface area contributed by atoms with Crippen LogP contribution in [0.5, 0.6) is 0 Å². The first kappa shape index (κ1) is 19.5. The van der Waals surface area contributed by atoms with E-state index in [1.807, 2.05) is 38.1 Å². The number of hydrogen-bond donors (Lipinski definition) is 1. The summed E-state index contributed by atoms with van der Waals surface area (Å²) >= 11 is 0. The summed E-state index contributed by atoms with van der Waals surface area (Å²) in [7, 11) is 0. The smallest absolute Gasteiger partial charge is 0.343 e. The number of nitrogens with zero attached hydrogens (tertiary/aromatic N) is 3. The number of nitrogens with one attached hydrogen (secondary N) is 1. The molecule has 7 heteroatoms. The van der Waals surface area contributed by atoms with Crippen molar-refractivity contribution in [1.29, 1.82) is 0 Å². The molecule has 0 atom stereocenters. The van der Waals surface area contributed by atoms with Crippen molar-refractivity contribution in [3.63, 3.8) is 0 Å². The van der Waals surface area contributed by atoms with Gasteiger partial charge in [-0.3, -0.25) is 4.79 Å². The molecule has 0 aliphatic heterocycles. The summed E-state index contributed by atoms with van der Waals surface area (Å²) in [5.74, 6) is -0.236. The summed E-state index contributed by atoms with van der Waals surface area (Å²) in [6.07, 6.45) is 1.40. The Labute approximate surface area is 163 Å². The van der Waals surface area contributed by atoms with Gasteiger partial charge in [0.2, 0.25) is 5.91 Å². The number of anilines is 1. The van der Waals surface area contributed by atoms with Crippen molar-refractivity contribution in [2.75, 3.05) is 11.9 Å². The second-order valence-electron chi connectivity index (χ2n) is 6.95. The molecular formula is C21H24N4O3. The van der Waals surface area contributed by atoms with E-state index in [-0.39, 0.29) is 29.8 Å². The predicted molar refractivity (Wildman–Crippen MR) is 108 cm³/mol. The number of para-hydroxylation sites is 1. The Balaban J connectivity index is 2.18. The molecule has 1 N–H and O–H groups in total. The predicted octanol–water partition coefficient (Wildman–Crippen LogP) is 3.81. The van der Waals surface area contributed by atoms with Crippen LogP contribution in [-0.4, -0.2) is 33.2 Å². The third kappa shape index (κ3) is 3.60. The van der Waals surface area contributed by atoms with Gasteiger partial charge < -0.3 is 10.1 Å². The van der Waals surface area contributed by atoms with E-state index < -0.39 is 5.97 Å². The molecule has 2 heterocycles. The van der Waals surface area contributed by atoms with E-state index in [1.54, 1.807) is 20.8 Å². The van der Waals surface area contributed by atoms with Crippen molar-refractivity contribution >= 4 is 28.6 Å². The van der Waals surface area contributed by atoms with E-state index >= 15 is 0 Å². The highest BCUT2D eigenvalue weighted by molar-refractivity contribution is 6.01. The zero-order valence-corrected chi connectivity index (χ0v) is 16.7. The van der Waals surface area contributed by atoms with Gasteiger partial charge in [-0.2, -0.15) is 9.78 Å². The van der Waals surface area contributed by atoms with Crippen LogP contribution in [0.25, 0.3) is 16.7 Å². The topological polar surface area (TPSA) is 86.1 Å². The Morgan fingerprint density at radius 2 is 1.96 bits per heavy atom. The van der Waals surface area contributed by atoms with Gasteiger partial charge in [0.1, 0.15) is 5.56 Å². The fourth-order valence-electron chi connectivity index (χ4n) is 2.91. The number of carbonyl (C=O) groups excluding carboxylic acids is 2. The third-order valence-electron chi connectivity index (χ3n) is 4.48. The number of carbonyl (C=O) groups is 2. The third-order valence-corrected chi connectivity index (χ3v) is 4.48. The van der Waals surface area contributed by atoms with Gasteiger partial charge >= 0.3 is 5.97 Å². The lowest BCUT2D eigenvalue weighted by atomic mass is 10.1. The summed E-state index contributed by atoms with van der Waals surface area (Å²) in [5.41, 5.74) is 3.11. The quantitative estimate of drug-likeness (QED) is 0.680. The minimum absolute atomic E-state index is 0.195. The number of pyridine rings is 1. The number of aryl methyl sites for hydroxylation is 2.